The predicted octanol–water partition coefficient (Wildman–Crippen LogP) is 3.78. The highest BCUT2D eigenvalue weighted by Crippen LogP contribution is 2.36. The van der Waals surface area contributed by atoms with Gasteiger partial charge in [-0.05, 0) is 24.6 Å². The van der Waals surface area contributed by atoms with Crippen molar-refractivity contribution in [1.82, 2.24) is 0 Å². The van der Waals surface area contributed by atoms with E-state index in [1.165, 1.54) is 17.4 Å². The summed E-state index contributed by atoms with van der Waals surface area (Å²) >= 11 is 5.64. The fraction of sp³-hybridized carbons (Fsp3) is 0.300. The van der Waals surface area contributed by atoms with Crippen LogP contribution < -0.4 is 5.32 Å². The number of carbonyl (C=O) groups excluding carboxylic acids is 1. The molecule has 0 fully saturated rings. The molecule has 8 heteroatoms. The van der Waals surface area contributed by atoms with Crippen LogP contribution >= 0.6 is 11.6 Å². The van der Waals surface area contributed by atoms with Gasteiger partial charge in [-0.25, -0.2) is 0 Å². The molecular weight excluding hydrogens is 281 g/mol. The Morgan fingerprint density at radius 2 is 1.78 bits per heavy atom. The van der Waals surface area contributed by atoms with Gasteiger partial charge in [0.2, 0.25) is 0 Å². The van der Waals surface area contributed by atoms with Crippen molar-refractivity contribution >= 4 is 23.2 Å². The summed E-state index contributed by atoms with van der Waals surface area (Å²) in [4.78, 5) is 10.9. The summed E-state index contributed by atoms with van der Waals surface area (Å²) in [6.45, 7) is 1.61. The minimum Gasteiger partial charge on any atom is -0.320 e. The molecule has 1 rings (SSSR count). The second-order valence-corrected chi connectivity index (χ2v) is 3.90. The van der Waals surface area contributed by atoms with Crippen molar-refractivity contribution in [1.29, 1.82) is 0 Å². The molecule has 0 bridgehead atoms. The number of halogens is 6. The van der Waals surface area contributed by atoms with Crippen molar-refractivity contribution in [3.8, 4) is 0 Å². The highest BCUT2D eigenvalue weighted by Gasteiger charge is 2.63. The summed E-state index contributed by atoms with van der Waals surface area (Å²) in [7, 11) is 0. The Balaban J connectivity index is 2.91. The molecule has 100 valence electrons. The first-order valence-corrected chi connectivity index (χ1v) is 4.95. The average molecular weight is 288 g/mol. The fourth-order valence-corrected chi connectivity index (χ4v) is 1.19. The third kappa shape index (κ3) is 2.90. The molecule has 0 saturated carbocycles. The Morgan fingerprint density at radius 1 is 1.22 bits per heavy atom. The van der Waals surface area contributed by atoms with Crippen molar-refractivity contribution in [3.63, 3.8) is 0 Å². The Kier molecular flexibility index (Phi) is 3.85. The monoisotopic (exact) mass is 287 g/mol. The van der Waals surface area contributed by atoms with Gasteiger partial charge in [0.25, 0.3) is 0 Å². The van der Waals surface area contributed by atoms with E-state index < -0.39 is 18.0 Å². The van der Waals surface area contributed by atoms with Gasteiger partial charge in [-0.1, -0.05) is 17.7 Å². The third-order valence-corrected chi connectivity index (χ3v) is 2.48. The zero-order valence-electron chi connectivity index (χ0n) is 8.91. The molecular formula is C10H7ClF5NO. The van der Waals surface area contributed by atoms with Gasteiger partial charge in [-0.2, -0.15) is 22.0 Å². The SMILES string of the molecule is Cc1ccc(NC(=O)C(F)(F)C(F)(F)F)cc1Cl. The second kappa shape index (κ2) is 4.72. The first-order valence-electron chi connectivity index (χ1n) is 4.58. The largest absolute Gasteiger partial charge is 0.463 e. The first kappa shape index (κ1) is 14.7. The maximum atomic E-state index is 12.6. The summed E-state index contributed by atoms with van der Waals surface area (Å²) in [6.07, 6.45) is -5.94. The summed E-state index contributed by atoms with van der Waals surface area (Å²) in [5.74, 6) is -7.90. The second-order valence-electron chi connectivity index (χ2n) is 3.49. The summed E-state index contributed by atoms with van der Waals surface area (Å²) in [5, 5.41) is 1.61. The van der Waals surface area contributed by atoms with Gasteiger partial charge in [-0.15, -0.1) is 0 Å². The molecule has 0 spiro atoms. The van der Waals surface area contributed by atoms with E-state index in [1.807, 2.05) is 0 Å². The number of hydrogen-bond donors (Lipinski definition) is 1. The van der Waals surface area contributed by atoms with E-state index in [1.54, 1.807) is 6.92 Å². The van der Waals surface area contributed by atoms with E-state index >= 15 is 0 Å². The van der Waals surface area contributed by atoms with E-state index in [9.17, 15) is 26.7 Å². The molecule has 0 aromatic heterocycles. The van der Waals surface area contributed by atoms with Crippen LogP contribution in [0.15, 0.2) is 18.2 Å². The van der Waals surface area contributed by atoms with Crippen LogP contribution in [0.1, 0.15) is 5.56 Å². The van der Waals surface area contributed by atoms with Gasteiger partial charge in [0.1, 0.15) is 0 Å². The normalized spacial score (nSPS) is 12.4. The molecule has 18 heavy (non-hydrogen) atoms. The van der Waals surface area contributed by atoms with Crippen LogP contribution in [0.25, 0.3) is 0 Å². The van der Waals surface area contributed by atoms with E-state index in [-0.39, 0.29) is 10.7 Å². The molecule has 0 aliphatic carbocycles. The van der Waals surface area contributed by atoms with Crippen molar-refractivity contribution in [2.24, 2.45) is 0 Å². The van der Waals surface area contributed by atoms with Gasteiger partial charge in [0.15, 0.2) is 0 Å². The highest BCUT2D eigenvalue weighted by molar-refractivity contribution is 6.31. The zero-order chi connectivity index (χ0) is 14.1. The maximum absolute atomic E-state index is 12.6. The molecule has 0 radical (unpaired) electrons. The number of rotatable bonds is 2. The van der Waals surface area contributed by atoms with Crippen molar-refractivity contribution < 1.29 is 26.7 Å². The smallest absolute Gasteiger partial charge is 0.320 e. The van der Waals surface area contributed by atoms with Crippen molar-refractivity contribution in [3.05, 3.63) is 28.8 Å². The Bertz CT molecular complexity index is 472. The first-order chi connectivity index (χ1) is 8.05. The van der Waals surface area contributed by atoms with Gasteiger partial charge in [-0.3, -0.25) is 4.79 Å². The zero-order valence-corrected chi connectivity index (χ0v) is 9.66. The Morgan fingerprint density at radius 3 is 2.22 bits per heavy atom. The third-order valence-electron chi connectivity index (χ3n) is 2.07. The van der Waals surface area contributed by atoms with Crippen LogP contribution in [-0.2, 0) is 4.79 Å². The lowest BCUT2D eigenvalue weighted by Gasteiger charge is -2.18. The minimum atomic E-state index is -5.94. The Hall–Kier alpha value is -1.37. The number of carbonyl (C=O) groups is 1. The number of nitrogens with one attached hydrogen (secondary N) is 1. The van der Waals surface area contributed by atoms with Crippen LogP contribution in [0, 0.1) is 6.92 Å². The van der Waals surface area contributed by atoms with Crippen LogP contribution in [-0.4, -0.2) is 18.0 Å². The van der Waals surface area contributed by atoms with E-state index in [0.29, 0.717) is 5.56 Å². The molecule has 2 nitrogen and oxygen atoms in total. The molecule has 1 aromatic carbocycles. The van der Waals surface area contributed by atoms with Crippen LogP contribution in [0.5, 0.6) is 0 Å². The number of aryl methyl sites for hydroxylation is 1. The van der Waals surface area contributed by atoms with Gasteiger partial charge < -0.3 is 5.32 Å². The lowest BCUT2D eigenvalue weighted by atomic mass is 10.2. The predicted molar refractivity (Wildman–Crippen MR) is 55.8 cm³/mol. The van der Waals surface area contributed by atoms with Crippen molar-refractivity contribution in [2.45, 2.75) is 19.0 Å². The molecule has 0 aliphatic rings. The molecule has 0 atom stereocenters. The van der Waals surface area contributed by atoms with E-state index in [2.05, 4.69) is 0 Å². The lowest BCUT2D eigenvalue weighted by molar-refractivity contribution is -0.267. The van der Waals surface area contributed by atoms with E-state index in [0.717, 1.165) is 6.07 Å². The molecule has 1 amide bonds. The quantitative estimate of drug-likeness (QED) is 0.824. The highest BCUT2D eigenvalue weighted by atomic mass is 35.5. The number of benzene rings is 1. The molecule has 0 saturated heterocycles. The van der Waals surface area contributed by atoms with E-state index in [4.69, 9.17) is 11.6 Å². The molecule has 1 N–H and O–H groups in total. The molecule has 0 heterocycles. The van der Waals surface area contributed by atoms with Gasteiger partial charge in [0, 0.05) is 10.7 Å². The Labute approximate surface area is 104 Å². The number of hydrogen-bond acceptors (Lipinski definition) is 1. The molecule has 0 unspecified atom stereocenters. The number of amides is 1. The summed E-state index contributed by atoms with van der Waals surface area (Å²) < 4.78 is 60.9. The number of anilines is 1. The van der Waals surface area contributed by atoms with Gasteiger partial charge in [0.05, 0.1) is 0 Å². The lowest BCUT2D eigenvalue weighted by Crippen LogP contribution is -2.47. The van der Waals surface area contributed by atoms with Gasteiger partial charge >= 0.3 is 18.0 Å². The fourth-order valence-electron chi connectivity index (χ4n) is 1.01. The topological polar surface area (TPSA) is 29.1 Å². The summed E-state index contributed by atoms with van der Waals surface area (Å²) in [5.41, 5.74) is 0.358. The maximum Gasteiger partial charge on any atom is 0.463 e. The standard InChI is InChI=1S/C10H7ClF5NO/c1-5-2-3-6(4-7(5)11)17-8(18)9(12,13)10(14,15)16/h2-4H,1H3,(H,17,18). The minimum absolute atomic E-state index is 0.142. The number of alkyl halides is 5. The van der Waals surface area contributed by atoms with Crippen molar-refractivity contribution in [2.75, 3.05) is 5.32 Å². The average Bonchev–Trinajstić information content (AvgIpc) is 2.21. The molecule has 0 aliphatic heterocycles. The molecule has 1 aromatic rings. The van der Waals surface area contributed by atoms with Crippen LogP contribution in [0.3, 0.4) is 0 Å². The van der Waals surface area contributed by atoms with Crippen LogP contribution in [0.2, 0.25) is 5.02 Å². The summed E-state index contributed by atoms with van der Waals surface area (Å²) in [6, 6.07) is 3.64. The van der Waals surface area contributed by atoms with Crippen LogP contribution in [0.4, 0.5) is 27.6 Å².